The average molecular weight is 355 g/mol. The van der Waals surface area contributed by atoms with Crippen molar-refractivity contribution in [2.75, 3.05) is 11.6 Å². The molecule has 2 rings (SSSR count). The maximum Gasteiger partial charge on any atom is 0.270 e. The molecule has 0 aromatic heterocycles. The molecule has 1 N–H and O–H groups in total. The summed E-state index contributed by atoms with van der Waals surface area (Å²) in [5, 5.41) is 13.1. The SMILES string of the molecule is CS(=O)(=O)c1ccc(NC(=O)c2ccc([N+](=O)[O-])cc2Cl)cc1. The van der Waals surface area contributed by atoms with Crippen LogP contribution in [0.2, 0.25) is 5.02 Å². The minimum atomic E-state index is -3.32. The number of non-ortho nitro benzene ring substituents is 1. The van der Waals surface area contributed by atoms with Crippen LogP contribution in [0.5, 0.6) is 0 Å². The highest BCUT2D eigenvalue weighted by atomic mass is 35.5. The van der Waals surface area contributed by atoms with Gasteiger partial charge in [-0.2, -0.15) is 0 Å². The molecule has 120 valence electrons. The summed E-state index contributed by atoms with van der Waals surface area (Å²) in [6, 6.07) is 9.11. The first-order valence-corrected chi connectivity index (χ1v) is 8.51. The first-order chi connectivity index (χ1) is 10.7. The Morgan fingerprint density at radius 3 is 2.26 bits per heavy atom. The minimum Gasteiger partial charge on any atom is -0.322 e. The number of sulfone groups is 1. The number of nitrogens with zero attached hydrogens (tertiary/aromatic N) is 1. The number of carbonyl (C=O) groups is 1. The van der Waals surface area contributed by atoms with Gasteiger partial charge >= 0.3 is 0 Å². The topological polar surface area (TPSA) is 106 Å². The predicted octanol–water partition coefficient (Wildman–Crippen LogP) is 2.90. The second-order valence-electron chi connectivity index (χ2n) is 4.67. The molecule has 0 aliphatic heterocycles. The third kappa shape index (κ3) is 4.05. The van der Waals surface area contributed by atoms with Gasteiger partial charge in [0, 0.05) is 24.1 Å². The van der Waals surface area contributed by atoms with Gasteiger partial charge in [-0.15, -0.1) is 0 Å². The molecule has 0 atom stereocenters. The normalized spacial score (nSPS) is 11.0. The number of nitrogens with one attached hydrogen (secondary N) is 1. The number of benzene rings is 2. The van der Waals surface area contributed by atoms with E-state index < -0.39 is 20.7 Å². The van der Waals surface area contributed by atoms with Gasteiger partial charge in [0.1, 0.15) is 0 Å². The van der Waals surface area contributed by atoms with E-state index >= 15 is 0 Å². The Balaban J connectivity index is 2.21. The molecule has 0 radical (unpaired) electrons. The summed E-state index contributed by atoms with van der Waals surface area (Å²) < 4.78 is 22.7. The fraction of sp³-hybridized carbons (Fsp3) is 0.0714. The third-order valence-corrected chi connectivity index (χ3v) is 4.39. The highest BCUT2D eigenvalue weighted by Gasteiger charge is 2.15. The molecule has 0 unspecified atom stereocenters. The van der Waals surface area contributed by atoms with Gasteiger partial charge in [0.25, 0.3) is 11.6 Å². The third-order valence-electron chi connectivity index (χ3n) is 2.95. The summed E-state index contributed by atoms with van der Waals surface area (Å²) in [7, 11) is -3.32. The van der Waals surface area contributed by atoms with Gasteiger partial charge in [0.15, 0.2) is 9.84 Å². The van der Waals surface area contributed by atoms with Crippen LogP contribution in [0.15, 0.2) is 47.4 Å². The Bertz CT molecular complexity index is 879. The first-order valence-electron chi connectivity index (χ1n) is 6.24. The fourth-order valence-corrected chi connectivity index (χ4v) is 2.68. The van der Waals surface area contributed by atoms with E-state index in [1.54, 1.807) is 0 Å². The number of anilines is 1. The van der Waals surface area contributed by atoms with Gasteiger partial charge < -0.3 is 5.32 Å². The number of nitro groups is 1. The number of amides is 1. The number of carbonyl (C=O) groups excluding carboxylic acids is 1. The van der Waals surface area contributed by atoms with Gasteiger partial charge in [-0.3, -0.25) is 14.9 Å². The Hall–Kier alpha value is -2.45. The molecule has 0 fully saturated rings. The van der Waals surface area contributed by atoms with Crippen LogP contribution in [0.25, 0.3) is 0 Å². The zero-order chi connectivity index (χ0) is 17.2. The first kappa shape index (κ1) is 16.9. The number of hydrogen-bond acceptors (Lipinski definition) is 5. The van der Waals surface area contributed by atoms with Crippen molar-refractivity contribution in [3.8, 4) is 0 Å². The van der Waals surface area contributed by atoms with Gasteiger partial charge in [-0.1, -0.05) is 11.6 Å². The van der Waals surface area contributed by atoms with Crippen LogP contribution in [-0.2, 0) is 9.84 Å². The monoisotopic (exact) mass is 354 g/mol. The molecule has 7 nitrogen and oxygen atoms in total. The number of hydrogen-bond donors (Lipinski definition) is 1. The fourth-order valence-electron chi connectivity index (χ4n) is 1.79. The summed E-state index contributed by atoms with van der Waals surface area (Å²) in [4.78, 5) is 22.3. The van der Waals surface area contributed by atoms with E-state index in [2.05, 4.69) is 5.32 Å². The van der Waals surface area contributed by atoms with Crippen molar-refractivity contribution in [1.82, 2.24) is 0 Å². The predicted molar refractivity (Wildman–Crippen MR) is 85.6 cm³/mol. The van der Waals surface area contributed by atoms with Crippen molar-refractivity contribution in [3.63, 3.8) is 0 Å². The number of nitro benzene ring substituents is 1. The van der Waals surface area contributed by atoms with Crippen molar-refractivity contribution in [2.24, 2.45) is 0 Å². The summed E-state index contributed by atoms with van der Waals surface area (Å²) in [6.07, 6.45) is 1.08. The quantitative estimate of drug-likeness (QED) is 0.671. The van der Waals surface area contributed by atoms with Gasteiger partial charge in [0.2, 0.25) is 0 Å². The van der Waals surface area contributed by atoms with Gasteiger partial charge in [0.05, 0.1) is 20.4 Å². The molecule has 9 heteroatoms. The van der Waals surface area contributed by atoms with E-state index in [9.17, 15) is 23.3 Å². The van der Waals surface area contributed by atoms with Crippen molar-refractivity contribution in [2.45, 2.75) is 4.90 Å². The second-order valence-corrected chi connectivity index (χ2v) is 7.09. The lowest BCUT2D eigenvalue weighted by Gasteiger charge is -2.07. The lowest BCUT2D eigenvalue weighted by atomic mass is 10.2. The van der Waals surface area contributed by atoms with Crippen molar-refractivity contribution in [3.05, 3.63) is 63.2 Å². The Morgan fingerprint density at radius 2 is 1.78 bits per heavy atom. The standard InChI is InChI=1S/C14H11ClN2O5S/c1-23(21,22)11-5-2-9(3-6-11)16-14(18)12-7-4-10(17(19)20)8-13(12)15/h2-8H,1H3,(H,16,18). The summed E-state index contributed by atoms with van der Waals surface area (Å²) in [5.74, 6) is -0.558. The highest BCUT2D eigenvalue weighted by molar-refractivity contribution is 7.90. The van der Waals surface area contributed by atoms with Crippen LogP contribution in [0.1, 0.15) is 10.4 Å². The minimum absolute atomic E-state index is 0.0514. The maximum atomic E-state index is 12.1. The molecule has 0 aliphatic rings. The Morgan fingerprint density at radius 1 is 1.17 bits per heavy atom. The van der Waals surface area contributed by atoms with Gasteiger partial charge in [-0.25, -0.2) is 8.42 Å². The molecule has 0 bridgehead atoms. The van der Waals surface area contributed by atoms with Crippen LogP contribution < -0.4 is 5.32 Å². The zero-order valence-electron chi connectivity index (χ0n) is 11.8. The Kier molecular flexibility index (Phi) is 4.67. The van der Waals surface area contributed by atoms with E-state index in [1.165, 1.54) is 36.4 Å². The molecule has 0 saturated heterocycles. The smallest absolute Gasteiger partial charge is 0.270 e. The molecule has 1 amide bonds. The van der Waals surface area contributed by atoms with E-state index in [-0.39, 0.29) is 21.2 Å². The zero-order valence-corrected chi connectivity index (χ0v) is 13.4. The van der Waals surface area contributed by atoms with Crippen molar-refractivity contribution >= 4 is 38.7 Å². The van der Waals surface area contributed by atoms with Crippen molar-refractivity contribution in [1.29, 1.82) is 0 Å². The average Bonchev–Trinajstić information content (AvgIpc) is 2.46. The lowest BCUT2D eigenvalue weighted by molar-refractivity contribution is -0.384. The van der Waals surface area contributed by atoms with Crippen LogP contribution in [0.3, 0.4) is 0 Å². The lowest BCUT2D eigenvalue weighted by Crippen LogP contribution is -2.12. The van der Waals surface area contributed by atoms with Crippen molar-refractivity contribution < 1.29 is 18.1 Å². The summed E-state index contributed by atoms with van der Waals surface area (Å²) >= 11 is 5.88. The molecule has 0 spiro atoms. The largest absolute Gasteiger partial charge is 0.322 e. The molecular formula is C14H11ClN2O5S. The second kappa shape index (κ2) is 6.35. The molecular weight excluding hydrogens is 344 g/mol. The summed E-state index contributed by atoms with van der Waals surface area (Å²) in [6.45, 7) is 0. The van der Waals surface area contributed by atoms with Crippen LogP contribution in [0, 0.1) is 10.1 Å². The molecule has 2 aromatic carbocycles. The molecule has 2 aromatic rings. The summed E-state index contributed by atoms with van der Waals surface area (Å²) in [5.41, 5.74) is 0.227. The Labute approximate surface area is 137 Å². The number of halogens is 1. The van der Waals surface area contributed by atoms with Crippen LogP contribution in [0.4, 0.5) is 11.4 Å². The van der Waals surface area contributed by atoms with E-state index in [4.69, 9.17) is 11.6 Å². The van der Waals surface area contributed by atoms with Gasteiger partial charge in [-0.05, 0) is 30.3 Å². The van der Waals surface area contributed by atoms with E-state index in [1.807, 2.05) is 0 Å². The molecule has 0 aliphatic carbocycles. The van der Waals surface area contributed by atoms with Crippen LogP contribution in [-0.4, -0.2) is 25.5 Å². The highest BCUT2D eigenvalue weighted by Crippen LogP contribution is 2.23. The van der Waals surface area contributed by atoms with E-state index in [0.29, 0.717) is 5.69 Å². The molecule has 0 heterocycles. The number of rotatable bonds is 4. The maximum absolute atomic E-state index is 12.1. The van der Waals surface area contributed by atoms with E-state index in [0.717, 1.165) is 12.3 Å². The molecule has 23 heavy (non-hydrogen) atoms. The molecule has 0 saturated carbocycles. The van der Waals surface area contributed by atoms with Crippen LogP contribution >= 0.6 is 11.6 Å².